The standard InChI is InChI=1S/C48H28O2/c1-2-13-32-29(11-1)12-9-19-33(32)30-23-25-31(26-24-30)44-34-14-3-5-16-36(34)45(37-17-6-4-15-35(37)44)39-20-10-21-40-47-43(50-48(39)40)28-27-42-46(47)38-18-7-8-22-41(38)49-42/h1-28H/i3D,4D,5D,6D,14D,15D,16D,17D. The van der Waals surface area contributed by atoms with E-state index in [0.29, 0.717) is 33.4 Å². The molecule has 232 valence electrons. The molecule has 0 aliphatic heterocycles. The molecule has 0 atom stereocenters. The van der Waals surface area contributed by atoms with E-state index in [1.165, 1.54) is 0 Å². The molecule has 0 amide bonds. The van der Waals surface area contributed by atoms with Gasteiger partial charge in [0.05, 0.1) is 11.0 Å². The molecule has 50 heavy (non-hydrogen) atoms. The molecule has 0 saturated carbocycles. The lowest BCUT2D eigenvalue weighted by Gasteiger charge is -2.18. The predicted molar refractivity (Wildman–Crippen MR) is 210 cm³/mol. The Bertz CT molecular complexity index is 3520. The van der Waals surface area contributed by atoms with Gasteiger partial charge < -0.3 is 8.83 Å². The van der Waals surface area contributed by atoms with Crippen molar-refractivity contribution >= 4 is 76.2 Å². The lowest BCUT2D eigenvalue weighted by molar-refractivity contribution is 0.663. The molecule has 0 N–H and O–H groups in total. The molecule has 0 saturated heterocycles. The maximum absolute atomic E-state index is 9.46. The predicted octanol–water partition coefficient (Wildman–Crippen LogP) is 13.9. The van der Waals surface area contributed by atoms with Crippen molar-refractivity contribution in [2.45, 2.75) is 0 Å². The summed E-state index contributed by atoms with van der Waals surface area (Å²) in [6, 6.07) is 35.7. The van der Waals surface area contributed by atoms with Gasteiger partial charge in [-0.15, -0.1) is 0 Å². The summed E-state index contributed by atoms with van der Waals surface area (Å²) in [5, 5.41) is 6.01. The van der Waals surface area contributed by atoms with E-state index in [2.05, 4.69) is 18.2 Å². The van der Waals surface area contributed by atoms with E-state index in [0.717, 1.165) is 49.0 Å². The van der Waals surface area contributed by atoms with Crippen molar-refractivity contribution in [3.05, 3.63) is 170 Å². The quantitative estimate of drug-likeness (QED) is 0.179. The molecule has 0 aliphatic rings. The van der Waals surface area contributed by atoms with Crippen LogP contribution in [-0.2, 0) is 0 Å². The highest BCUT2D eigenvalue weighted by molar-refractivity contribution is 6.29. The van der Waals surface area contributed by atoms with Gasteiger partial charge in [0.25, 0.3) is 0 Å². The first kappa shape index (κ1) is 20.7. The molecule has 0 fully saturated rings. The fourth-order valence-corrected chi connectivity index (χ4v) is 7.78. The Kier molecular flexibility index (Phi) is 4.31. The summed E-state index contributed by atoms with van der Waals surface area (Å²) in [6.45, 7) is 0. The fourth-order valence-electron chi connectivity index (χ4n) is 7.78. The van der Waals surface area contributed by atoms with Gasteiger partial charge in [-0.3, -0.25) is 0 Å². The molecule has 0 aliphatic carbocycles. The zero-order chi connectivity index (χ0) is 39.7. The minimum absolute atomic E-state index is 0.128. The number of fused-ring (bicyclic) bond motifs is 10. The maximum Gasteiger partial charge on any atom is 0.143 e. The Labute approximate surface area is 298 Å². The van der Waals surface area contributed by atoms with Crippen LogP contribution in [0, 0.1) is 0 Å². The molecule has 11 rings (SSSR count). The van der Waals surface area contributed by atoms with Gasteiger partial charge in [0, 0.05) is 32.7 Å². The summed E-state index contributed by atoms with van der Waals surface area (Å²) in [4.78, 5) is 0. The highest BCUT2D eigenvalue weighted by Gasteiger charge is 2.22. The minimum atomic E-state index is -0.459. The average Bonchev–Trinajstić information content (AvgIpc) is 3.83. The molecular weight excluding hydrogens is 609 g/mol. The second-order valence-corrected chi connectivity index (χ2v) is 12.5. The number of hydrogen-bond donors (Lipinski definition) is 0. The van der Waals surface area contributed by atoms with E-state index in [1.807, 2.05) is 97.1 Å². The Hall–Kier alpha value is -6.64. The molecule has 11 aromatic rings. The van der Waals surface area contributed by atoms with Crippen molar-refractivity contribution in [2.24, 2.45) is 0 Å². The van der Waals surface area contributed by atoms with Crippen LogP contribution in [0.1, 0.15) is 11.0 Å². The van der Waals surface area contributed by atoms with Crippen molar-refractivity contribution < 1.29 is 19.8 Å². The van der Waals surface area contributed by atoms with Crippen LogP contribution >= 0.6 is 0 Å². The lowest BCUT2D eigenvalue weighted by atomic mass is 9.85. The van der Waals surface area contributed by atoms with Crippen molar-refractivity contribution in [3.8, 4) is 33.4 Å². The summed E-state index contributed by atoms with van der Waals surface area (Å²) in [5.74, 6) is 0. The van der Waals surface area contributed by atoms with Crippen LogP contribution in [0.3, 0.4) is 0 Å². The number of rotatable bonds is 3. The largest absolute Gasteiger partial charge is 0.456 e. The van der Waals surface area contributed by atoms with Gasteiger partial charge in [0.2, 0.25) is 0 Å². The molecule has 2 nitrogen and oxygen atoms in total. The Morgan fingerprint density at radius 1 is 0.360 bits per heavy atom. The number of hydrogen-bond acceptors (Lipinski definition) is 2. The van der Waals surface area contributed by atoms with Crippen LogP contribution in [0.2, 0.25) is 0 Å². The summed E-state index contributed by atoms with van der Waals surface area (Å²) >= 11 is 0. The molecule has 0 radical (unpaired) electrons. The molecule has 2 heterocycles. The summed E-state index contributed by atoms with van der Waals surface area (Å²) < 4.78 is 86.2. The zero-order valence-corrected chi connectivity index (χ0v) is 26.4. The number of para-hydroxylation sites is 2. The van der Waals surface area contributed by atoms with Crippen LogP contribution < -0.4 is 0 Å². The van der Waals surface area contributed by atoms with Crippen molar-refractivity contribution in [3.63, 3.8) is 0 Å². The topological polar surface area (TPSA) is 26.3 Å². The highest BCUT2D eigenvalue weighted by Crippen LogP contribution is 2.48. The van der Waals surface area contributed by atoms with E-state index >= 15 is 0 Å². The third-order valence-corrected chi connectivity index (χ3v) is 9.92. The third-order valence-electron chi connectivity index (χ3n) is 9.92. The van der Waals surface area contributed by atoms with Crippen LogP contribution in [0.5, 0.6) is 0 Å². The van der Waals surface area contributed by atoms with Gasteiger partial charge in [-0.25, -0.2) is 0 Å². The van der Waals surface area contributed by atoms with Gasteiger partial charge in [-0.05, 0) is 72.8 Å². The van der Waals surface area contributed by atoms with Crippen LogP contribution in [0.4, 0.5) is 0 Å². The minimum Gasteiger partial charge on any atom is -0.456 e. The van der Waals surface area contributed by atoms with Gasteiger partial charge in [-0.1, -0.05) is 151 Å². The fraction of sp³-hybridized carbons (Fsp3) is 0. The van der Waals surface area contributed by atoms with Gasteiger partial charge in [0.1, 0.15) is 22.3 Å². The average molecular weight is 645 g/mol. The summed E-state index contributed by atoms with van der Waals surface area (Å²) in [7, 11) is 0. The second kappa shape index (κ2) is 10.4. The maximum atomic E-state index is 9.46. The van der Waals surface area contributed by atoms with Crippen molar-refractivity contribution in [1.82, 2.24) is 0 Å². The van der Waals surface area contributed by atoms with Crippen LogP contribution in [-0.4, -0.2) is 0 Å². The first-order valence-corrected chi connectivity index (χ1v) is 16.4. The van der Waals surface area contributed by atoms with E-state index in [4.69, 9.17) is 14.3 Å². The van der Waals surface area contributed by atoms with Gasteiger partial charge >= 0.3 is 0 Å². The van der Waals surface area contributed by atoms with E-state index in [1.54, 1.807) is 6.07 Å². The number of furan rings is 2. The second-order valence-electron chi connectivity index (χ2n) is 12.5. The molecule has 0 unspecified atom stereocenters. The normalized spacial score (nSPS) is 14.2. The first-order chi connectivity index (χ1) is 28.1. The molecule has 2 aromatic heterocycles. The first-order valence-electron chi connectivity index (χ1n) is 20.4. The molecular formula is C48H28O2. The zero-order valence-electron chi connectivity index (χ0n) is 34.4. The van der Waals surface area contributed by atoms with E-state index < -0.39 is 24.2 Å². The molecule has 0 spiro atoms. The summed E-state index contributed by atoms with van der Waals surface area (Å²) in [5.41, 5.74) is 5.81. The van der Waals surface area contributed by atoms with Crippen molar-refractivity contribution in [1.29, 1.82) is 0 Å². The van der Waals surface area contributed by atoms with E-state index in [9.17, 15) is 5.48 Å². The van der Waals surface area contributed by atoms with Gasteiger partial charge in [-0.2, -0.15) is 0 Å². The highest BCUT2D eigenvalue weighted by atomic mass is 16.3. The Morgan fingerprint density at radius 2 is 0.900 bits per heavy atom. The summed E-state index contributed by atoms with van der Waals surface area (Å²) in [6.07, 6.45) is 0. The monoisotopic (exact) mass is 644 g/mol. The number of benzene rings is 9. The lowest BCUT2D eigenvalue weighted by Crippen LogP contribution is -1.91. The van der Waals surface area contributed by atoms with Crippen molar-refractivity contribution in [2.75, 3.05) is 0 Å². The molecule has 2 heteroatoms. The Balaban J connectivity index is 1.29. The van der Waals surface area contributed by atoms with Crippen LogP contribution in [0.15, 0.2) is 179 Å². The SMILES string of the molecule is [2H]c1c([2H])c([2H])c2c(-c3cccc4c3oc3ccc5oc6ccccc6c5c34)c3c([2H])c([2H])c([2H])c([2H])c3c(-c3ccc(-c4cccc5ccccc45)cc3)c2c1[2H]. The van der Waals surface area contributed by atoms with E-state index in [-0.39, 0.29) is 51.3 Å². The smallest absolute Gasteiger partial charge is 0.143 e. The third kappa shape index (κ3) is 3.85. The molecule has 0 bridgehead atoms. The Morgan fingerprint density at radius 3 is 1.66 bits per heavy atom. The van der Waals surface area contributed by atoms with Crippen LogP contribution in [0.25, 0.3) is 110 Å². The molecule has 9 aromatic carbocycles. The van der Waals surface area contributed by atoms with Gasteiger partial charge in [0.15, 0.2) is 0 Å².